The lowest BCUT2D eigenvalue weighted by Gasteiger charge is -2.25. The minimum absolute atomic E-state index is 0.0699. The number of carboxylic acid groups (broad SMARTS) is 1. The number of carboxylic acids is 1. The first-order valence-corrected chi connectivity index (χ1v) is 8.36. The fraction of sp³-hybridized carbons (Fsp3) is 0.800. The van der Waals surface area contributed by atoms with Gasteiger partial charge in [0.25, 0.3) is 0 Å². The van der Waals surface area contributed by atoms with Crippen LogP contribution in [0.25, 0.3) is 10.4 Å². The van der Waals surface area contributed by atoms with E-state index in [-0.39, 0.29) is 43.9 Å². The zero-order chi connectivity index (χ0) is 15.3. The molecule has 1 heterocycles. The molecule has 0 aromatic heterocycles. The Kier molecular flexibility index (Phi) is 5.56. The third-order valence-corrected chi connectivity index (χ3v) is 4.21. The van der Waals surface area contributed by atoms with Crippen molar-refractivity contribution < 1.29 is 24.2 Å². The van der Waals surface area contributed by atoms with Crippen molar-refractivity contribution in [1.82, 2.24) is 4.90 Å². The molecule has 1 aliphatic rings. The molecule has 1 fully saturated rings. The van der Waals surface area contributed by atoms with Crippen LogP contribution in [-0.4, -0.2) is 58.7 Å². The van der Waals surface area contributed by atoms with Gasteiger partial charge in [-0.3, -0.25) is 9.36 Å². The van der Waals surface area contributed by atoms with Gasteiger partial charge in [0.2, 0.25) is 5.91 Å². The number of carbonyl (C=O) groups excluding carboxylic acids is 1. The summed E-state index contributed by atoms with van der Waals surface area (Å²) in [6.07, 6.45) is -0.0972. The molecule has 1 amide bonds. The van der Waals surface area contributed by atoms with E-state index in [9.17, 15) is 19.0 Å². The van der Waals surface area contributed by atoms with E-state index in [1.165, 1.54) is 4.90 Å². The zero-order valence-electron chi connectivity index (χ0n) is 11.0. The molecule has 0 saturated carbocycles. The fourth-order valence-electron chi connectivity index (χ4n) is 2.16. The first-order chi connectivity index (χ1) is 9.24. The van der Waals surface area contributed by atoms with E-state index in [1.807, 2.05) is 0 Å². The predicted molar refractivity (Wildman–Crippen MR) is 70.5 cm³/mol. The average Bonchev–Trinajstić information content (AvgIpc) is 2.66. The fourth-order valence-corrected chi connectivity index (χ4v) is 2.88. The highest BCUT2D eigenvalue weighted by Crippen LogP contribution is 2.37. The van der Waals surface area contributed by atoms with Gasteiger partial charge in [-0.2, -0.15) is 0 Å². The Morgan fingerprint density at radius 1 is 1.70 bits per heavy atom. The largest absolute Gasteiger partial charge is 0.480 e. The van der Waals surface area contributed by atoms with Gasteiger partial charge in [0.1, 0.15) is 6.04 Å². The van der Waals surface area contributed by atoms with E-state index in [0.717, 1.165) is 6.66 Å². The van der Waals surface area contributed by atoms with Gasteiger partial charge in [-0.15, -0.1) is 0 Å². The molecule has 20 heavy (non-hydrogen) atoms. The number of aliphatic carboxylic acids is 1. The summed E-state index contributed by atoms with van der Waals surface area (Å²) in [6.45, 7) is 1.48. The second-order valence-electron chi connectivity index (χ2n) is 4.95. The first-order valence-electron chi connectivity index (χ1n) is 6.07. The lowest BCUT2D eigenvalue weighted by molar-refractivity contribution is -0.148. The number of hydrogen-bond donors (Lipinski definition) is 2. The molecule has 0 aromatic rings. The van der Waals surface area contributed by atoms with Crippen molar-refractivity contribution in [3.63, 3.8) is 0 Å². The smallest absolute Gasteiger partial charge is 0.326 e. The van der Waals surface area contributed by atoms with Crippen molar-refractivity contribution in [2.45, 2.75) is 18.9 Å². The van der Waals surface area contributed by atoms with Crippen LogP contribution in [0.5, 0.6) is 0 Å². The molecule has 0 bridgehead atoms. The van der Waals surface area contributed by atoms with E-state index in [2.05, 4.69) is 10.0 Å². The molecule has 0 spiro atoms. The second-order valence-corrected chi connectivity index (χ2v) is 7.50. The van der Waals surface area contributed by atoms with E-state index in [4.69, 9.17) is 10.6 Å². The predicted octanol–water partition coefficient (Wildman–Crippen LogP) is 0.889. The maximum absolute atomic E-state index is 11.8. The summed E-state index contributed by atoms with van der Waals surface area (Å²) in [5, 5.41) is 12.5. The van der Waals surface area contributed by atoms with E-state index in [0.29, 0.717) is 0 Å². The maximum Gasteiger partial charge on any atom is 0.326 e. The Balaban J connectivity index is 2.72. The van der Waals surface area contributed by atoms with Crippen LogP contribution < -0.4 is 0 Å². The first kappa shape index (κ1) is 16.5. The third-order valence-electron chi connectivity index (χ3n) is 3.12. The molecular weight excluding hydrogens is 287 g/mol. The Morgan fingerprint density at radius 2 is 2.35 bits per heavy atom. The van der Waals surface area contributed by atoms with Crippen molar-refractivity contribution in [2.75, 3.05) is 25.9 Å². The van der Waals surface area contributed by atoms with Crippen LogP contribution in [-0.2, 0) is 14.2 Å². The number of carbonyl (C=O) groups is 2. The van der Waals surface area contributed by atoms with Gasteiger partial charge in [-0.05, 0) is 17.9 Å². The van der Waals surface area contributed by atoms with Crippen molar-refractivity contribution >= 4 is 19.2 Å². The summed E-state index contributed by atoms with van der Waals surface area (Å²) in [5.74, 6) is -1.74. The van der Waals surface area contributed by atoms with Crippen LogP contribution in [0.1, 0.15) is 12.8 Å². The van der Waals surface area contributed by atoms with Crippen LogP contribution in [0.15, 0.2) is 5.11 Å². The molecule has 2 N–H and O–H groups in total. The standard InChI is InChI=1S/C10H17N4O5P/c1-20(18,19)3-2-8(10(16)17)14-6-7(4-9(14)15)5-12-13-11/h7-8H,2-6H2,1H3,(H,16,17)(H,18,19). The van der Waals surface area contributed by atoms with Crippen molar-refractivity contribution in [2.24, 2.45) is 11.0 Å². The Hall–Kier alpha value is -1.56. The molecule has 3 unspecified atom stereocenters. The lowest BCUT2D eigenvalue weighted by atomic mass is 10.1. The van der Waals surface area contributed by atoms with Crippen LogP contribution in [0.3, 0.4) is 0 Å². The summed E-state index contributed by atoms with van der Waals surface area (Å²) in [7, 11) is -3.32. The topological polar surface area (TPSA) is 144 Å². The van der Waals surface area contributed by atoms with Crippen LogP contribution in [0, 0.1) is 5.92 Å². The molecule has 1 aliphatic heterocycles. The Morgan fingerprint density at radius 3 is 2.85 bits per heavy atom. The van der Waals surface area contributed by atoms with Gasteiger partial charge in [0.05, 0.1) is 0 Å². The summed E-state index contributed by atoms with van der Waals surface area (Å²) in [4.78, 5) is 36.1. The van der Waals surface area contributed by atoms with E-state index >= 15 is 0 Å². The molecule has 10 heteroatoms. The van der Waals surface area contributed by atoms with E-state index < -0.39 is 19.4 Å². The molecule has 112 valence electrons. The molecule has 9 nitrogen and oxygen atoms in total. The third kappa shape index (κ3) is 4.85. The van der Waals surface area contributed by atoms with Gasteiger partial charge in [0.15, 0.2) is 7.37 Å². The molecule has 1 rings (SSSR count). The van der Waals surface area contributed by atoms with Crippen LogP contribution in [0.2, 0.25) is 0 Å². The number of rotatable bonds is 7. The van der Waals surface area contributed by atoms with Gasteiger partial charge in [-0.1, -0.05) is 5.11 Å². The van der Waals surface area contributed by atoms with Crippen molar-refractivity contribution in [3.05, 3.63) is 10.4 Å². The van der Waals surface area contributed by atoms with Crippen molar-refractivity contribution in [1.29, 1.82) is 0 Å². The minimum atomic E-state index is -3.32. The van der Waals surface area contributed by atoms with Crippen LogP contribution >= 0.6 is 7.37 Å². The number of azide groups is 1. The summed E-state index contributed by atoms with van der Waals surface area (Å²) in [5.41, 5.74) is 8.24. The van der Waals surface area contributed by atoms with E-state index in [1.54, 1.807) is 0 Å². The quantitative estimate of drug-likeness (QED) is 0.310. The zero-order valence-corrected chi connectivity index (χ0v) is 11.9. The Labute approximate surface area is 115 Å². The molecule has 0 aromatic carbocycles. The lowest BCUT2D eigenvalue weighted by Crippen LogP contribution is -2.42. The summed E-state index contributed by atoms with van der Waals surface area (Å²) in [6, 6.07) is -1.11. The molecule has 0 radical (unpaired) electrons. The molecule has 1 saturated heterocycles. The van der Waals surface area contributed by atoms with Gasteiger partial charge < -0.3 is 14.9 Å². The second kappa shape index (κ2) is 6.74. The van der Waals surface area contributed by atoms with Gasteiger partial charge >= 0.3 is 5.97 Å². The minimum Gasteiger partial charge on any atom is -0.480 e. The van der Waals surface area contributed by atoms with Crippen LogP contribution in [0.4, 0.5) is 0 Å². The average molecular weight is 304 g/mol. The molecule has 3 atom stereocenters. The highest BCUT2D eigenvalue weighted by atomic mass is 31.2. The SMILES string of the molecule is CP(=O)(O)CCC(C(=O)O)N1CC(CN=[N+]=[N-])CC1=O. The number of nitrogens with zero attached hydrogens (tertiary/aromatic N) is 4. The van der Waals surface area contributed by atoms with Crippen molar-refractivity contribution in [3.8, 4) is 0 Å². The maximum atomic E-state index is 11.8. The van der Waals surface area contributed by atoms with Gasteiger partial charge in [0, 0.05) is 37.2 Å². The highest BCUT2D eigenvalue weighted by Gasteiger charge is 2.37. The Bertz CT molecular complexity index is 484. The highest BCUT2D eigenvalue weighted by molar-refractivity contribution is 7.57. The molecular formula is C10H17N4O5P. The summed E-state index contributed by atoms with van der Waals surface area (Å²) < 4.78 is 11.2. The molecule has 0 aliphatic carbocycles. The summed E-state index contributed by atoms with van der Waals surface area (Å²) >= 11 is 0. The number of likely N-dealkylation sites (tertiary alicyclic amines) is 1. The van der Waals surface area contributed by atoms with Gasteiger partial charge in [-0.25, -0.2) is 4.79 Å². The monoisotopic (exact) mass is 304 g/mol. The number of hydrogen-bond acceptors (Lipinski definition) is 4. The normalized spacial score (nSPS) is 23.0. The number of amides is 1.